The van der Waals surface area contributed by atoms with Crippen molar-refractivity contribution in [1.82, 2.24) is 15.1 Å². The van der Waals surface area contributed by atoms with E-state index >= 15 is 0 Å². The van der Waals surface area contributed by atoms with Crippen LogP contribution in [-0.4, -0.2) is 41.2 Å². The molecule has 1 fully saturated rings. The molecule has 0 aliphatic carbocycles. The molecule has 1 amide bonds. The number of nitrogens with zero attached hydrogens (tertiary/aromatic N) is 2. The van der Waals surface area contributed by atoms with Gasteiger partial charge < -0.3 is 14.8 Å². The summed E-state index contributed by atoms with van der Waals surface area (Å²) >= 11 is 0. The van der Waals surface area contributed by atoms with Gasteiger partial charge in [0, 0.05) is 18.4 Å². The van der Waals surface area contributed by atoms with Crippen molar-refractivity contribution in [2.75, 3.05) is 19.8 Å². The van der Waals surface area contributed by atoms with Crippen LogP contribution >= 0.6 is 0 Å². The fourth-order valence-corrected chi connectivity index (χ4v) is 3.45. The lowest BCUT2D eigenvalue weighted by atomic mass is 10.0. The Hall–Kier alpha value is -2.25. The van der Waals surface area contributed by atoms with E-state index in [2.05, 4.69) is 10.4 Å². The molecule has 0 bridgehead atoms. The van der Waals surface area contributed by atoms with Crippen LogP contribution in [0.15, 0.2) is 29.1 Å². The molecule has 2 heterocycles. The third-order valence-corrected chi connectivity index (χ3v) is 4.76. The molecule has 0 radical (unpaired) electrons. The summed E-state index contributed by atoms with van der Waals surface area (Å²) in [6.07, 6.45) is 0.687. The molecule has 3 rings (SSSR count). The van der Waals surface area contributed by atoms with Gasteiger partial charge in [0.15, 0.2) is 11.5 Å². The SMILES string of the molecule is CC(CNC(=O)c1nn(C(C)C)c(=O)c2ccccc12)CC1(C)OCCO1. The Morgan fingerprint density at radius 3 is 2.48 bits per heavy atom. The molecule has 0 spiro atoms. The molecule has 0 saturated carbocycles. The Morgan fingerprint density at radius 1 is 1.22 bits per heavy atom. The minimum atomic E-state index is -0.583. The van der Waals surface area contributed by atoms with E-state index in [9.17, 15) is 9.59 Å². The first-order chi connectivity index (χ1) is 12.8. The second kappa shape index (κ2) is 7.78. The zero-order chi connectivity index (χ0) is 19.6. The number of rotatable bonds is 6. The molecule has 27 heavy (non-hydrogen) atoms. The molecule has 1 aliphatic heterocycles. The summed E-state index contributed by atoms with van der Waals surface area (Å²) in [5.41, 5.74) is 0.0830. The minimum absolute atomic E-state index is 0.135. The van der Waals surface area contributed by atoms with Crippen molar-refractivity contribution >= 4 is 16.7 Å². The van der Waals surface area contributed by atoms with E-state index in [1.165, 1.54) is 4.68 Å². The average Bonchev–Trinajstić information content (AvgIpc) is 3.06. The van der Waals surface area contributed by atoms with Gasteiger partial charge in [-0.3, -0.25) is 9.59 Å². The molecule has 1 aliphatic rings. The van der Waals surface area contributed by atoms with Crippen molar-refractivity contribution in [1.29, 1.82) is 0 Å². The third-order valence-electron chi connectivity index (χ3n) is 4.76. The predicted molar refractivity (Wildman–Crippen MR) is 103 cm³/mol. The molecule has 1 aromatic heterocycles. The van der Waals surface area contributed by atoms with Crippen LogP contribution in [0.25, 0.3) is 10.8 Å². The van der Waals surface area contributed by atoms with Gasteiger partial charge >= 0.3 is 0 Å². The van der Waals surface area contributed by atoms with Crippen molar-refractivity contribution in [3.63, 3.8) is 0 Å². The number of benzene rings is 1. The maximum Gasteiger partial charge on any atom is 0.274 e. The number of amides is 1. The van der Waals surface area contributed by atoms with Crippen LogP contribution in [-0.2, 0) is 9.47 Å². The molecule has 1 N–H and O–H groups in total. The summed E-state index contributed by atoms with van der Waals surface area (Å²) in [5.74, 6) is -0.704. The van der Waals surface area contributed by atoms with Gasteiger partial charge in [-0.1, -0.05) is 25.1 Å². The van der Waals surface area contributed by atoms with Gasteiger partial charge in [0.2, 0.25) is 0 Å². The first-order valence-electron chi connectivity index (χ1n) is 9.38. The number of ether oxygens (including phenoxy) is 2. The molecule has 7 heteroatoms. The monoisotopic (exact) mass is 373 g/mol. The Balaban J connectivity index is 1.79. The number of carbonyl (C=O) groups is 1. The quantitative estimate of drug-likeness (QED) is 0.841. The molecule has 1 saturated heterocycles. The summed E-state index contributed by atoms with van der Waals surface area (Å²) in [6, 6.07) is 6.95. The highest BCUT2D eigenvalue weighted by molar-refractivity contribution is 6.04. The number of hydrogen-bond donors (Lipinski definition) is 1. The van der Waals surface area contributed by atoms with E-state index in [0.29, 0.717) is 37.0 Å². The Kier molecular flexibility index (Phi) is 5.62. The number of aromatic nitrogens is 2. The van der Waals surface area contributed by atoms with Gasteiger partial charge in [-0.2, -0.15) is 5.10 Å². The van der Waals surface area contributed by atoms with E-state index in [0.717, 1.165) is 0 Å². The molecular formula is C20H27N3O4. The highest BCUT2D eigenvalue weighted by atomic mass is 16.7. The molecule has 2 aromatic rings. The van der Waals surface area contributed by atoms with Gasteiger partial charge in [-0.25, -0.2) is 4.68 Å². The zero-order valence-electron chi connectivity index (χ0n) is 16.3. The number of fused-ring (bicyclic) bond motifs is 1. The fraction of sp³-hybridized carbons (Fsp3) is 0.550. The van der Waals surface area contributed by atoms with Crippen LogP contribution in [0, 0.1) is 5.92 Å². The molecule has 1 aromatic carbocycles. The summed E-state index contributed by atoms with van der Waals surface area (Å²) in [7, 11) is 0. The Morgan fingerprint density at radius 2 is 1.85 bits per heavy atom. The molecule has 1 unspecified atom stereocenters. The standard InChI is InChI=1S/C20H27N3O4/c1-13(2)23-19(25)16-8-6-5-7-15(16)17(22-23)18(24)21-12-14(3)11-20(4)26-9-10-27-20/h5-8,13-14H,9-12H2,1-4H3,(H,21,24). The van der Waals surface area contributed by atoms with Gasteiger partial charge in [0.05, 0.1) is 24.6 Å². The van der Waals surface area contributed by atoms with Crippen LogP contribution < -0.4 is 10.9 Å². The van der Waals surface area contributed by atoms with Crippen LogP contribution in [0.3, 0.4) is 0 Å². The minimum Gasteiger partial charge on any atom is -0.350 e. The first-order valence-corrected chi connectivity index (χ1v) is 9.38. The van der Waals surface area contributed by atoms with Crippen molar-refractivity contribution in [3.05, 3.63) is 40.3 Å². The number of carbonyl (C=O) groups excluding carboxylic acids is 1. The zero-order valence-corrected chi connectivity index (χ0v) is 16.3. The largest absolute Gasteiger partial charge is 0.350 e. The maximum absolute atomic E-state index is 12.8. The first kappa shape index (κ1) is 19.5. The summed E-state index contributed by atoms with van der Waals surface area (Å²) in [6.45, 7) is 9.37. The van der Waals surface area contributed by atoms with Crippen LogP contribution in [0.2, 0.25) is 0 Å². The normalized spacial score (nSPS) is 17.4. The van der Waals surface area contributed by atoms with Crippen LogP contribution in [0.1, 0.15) is 50.6 Å². The molecular weight excluding hydrogens is 346 g/mol. The Labute approximate surface area is 158 Å². The summed E-state index contributed by atoms with van der Waals surface area (Å²) in [5, 5.41) is 8.35. The van der Waals surface area contributed by atoms with Gasteiger partial charge in [-0.05, 0) is 32.8 Å². The highest BCUT2D eigenvalue weighted by Gasteiger charge is 2.32. The number of nitrogens with one attached hydrogen (secondary N) is 1. The third kappa shape index (κ3) is 4.20. The van der Waals surface area contributed by atoms with E-state index in [1.807, 2.05) is 27.7 Å². The van der Waals surface area contributed by atoms with Crippen molar-refractivity contribution in [2.24, 2.45) is 5.92 Å². The lowest BCUT2D eigenvalue weighted by molar-refractivity contribution is -0.153. The topological polar surface area (TPSA) is 82.5 Å². The van der Waals surface area contributed by atoms with Crippen molar-refractivity contribution in [2.45, 2.75) is 45.9 Å². The van der Waals surface area contributed by atoms with E-state index in [-0.39, 0.29) is 29.1 Å². The summed E-state index contributed by atoms with van der Waals surface area (Å²) < 4.78 is 12.6. The smallest absolute Gasteiger partial charge is 0.274 e. The van der Waals surface area contributed by atoms with Crippen molar-refractivity contribution < 1.29 is 14.3 Å². The fourth-order valence-electron chi connectivity index (χ4n) is 3.45. The average molecular weight is 373 g/mol. The van der Waals surface area contributed by atoms with Crippen LogP contribution in [0.5, 0.6) is 0 Å². The predicted octanol–water partition coefficient (Wildman–Crippen LogP) is 2.50. The van der Waals surface area contributed by atoms with E-state index in [4.69, 9.17) is 9.47 Å². The lowest BCUT2D eigenvalue weighted by Crippen LogP contribution is -2.36. The van der Waals surface area contributed by atoms with Gasteiger partial charge in [0.1, 0.15) is 0 Å². The number of hydrogen-bond acceptors (Lipinski definition) is 5. The van der Waals surface area contributed by atoms with Crippen molar-refractivity contribution in [3.8, 4) is 0 Å². The highest BCUT2D eigenvalue weighted by Crippen LogP contribution is 2.26. The maximum atomic E-state index is 12.8. The summed E-state index contributed by atoms with van der Waals surface area (Å²) in [4.78, 5) is 25.4. The van der Waals surface area contributed by atoms with Crippen LogP contribution in [0.4, 0.5) is 0 Å². The molecule has 7 nitrogen and oxygen atoms in total. The van der Waals surface area contributed by atoms with E-state index < -0.39 is 5.79 Å². The van der Waals surface area contributed by atoms with E-state index in [1.54, 1.807) is 24.3 Å². The van der Waals surface area contributed by atoms with Gasteiger partial charge in [0.25, 0.3) is 11.5 Å². The van der Waals surface area contributed by atoms with Gasteiger partial charge in [-0.15, -0.1) is 0 Å². The second-order valence-electron chi connectivity index (χ2n) is 7.59. The molecule has 146 valence electrons. The second-order valence-corrected chi connectivity index (χ2v) is 7.59. The molecule has 1 atom stereocenters. The Bertz CT molecular complexity index is 884. The lowest BCUT2D eigenvalue weighted by Gasteiger charge is -2.26.